The van der Waals surface area contributed by atoms with Crippen molar-refractivity contribution >= 4 is 29.0 Å². The Morgan fingerprint density at radius 2 is 1.80 bits per heavy atom. The van der Waals surface area contributed by atoms with Gasteiger partial charge < -0.3 is 24.8 Å². The summed E-state index contributed by atoms with van der Waals surface area (Å²) in [6.07, 6.45) is 5.82. The van der Waals surface area contributed by atoms with Gasteiger partial charge in [0.25, 0.3) is 17.4 Å². The summed E-state index contributed by atoms with van der Waals surface area (Å²) in [7, 11) is 1.65. The topological polar surface area (TPSA) is 108 Å². The number of hydrogen-bond acceptors (Lipinski definition) is 6. The van der Waals surface area contributed by atoms with Crippen molar-refractivity contribution in [2.24, 2.45) is 13.0 Å². The van der Waals surface area contributed by atoms with Crippen LogP contribution in [0.5, 0.6) is 0 Å². The maximum absolute atomic E-state index is 13.7. The van der Waals surface area contributed by atoms with Crippen LogP contribution >= 0.6 is 0 Å². The zero-order valence-corrected chi connectivity index (χ0v) is 25.6. The summed E-state index contributed by atoms with van der Waals surface area (Å²) in [6, 6.07) is 18.8. The molecule has 45 heavy (non-hydrogen) atoms. The third-order valence-electron chi connectivity index (χ3n) is 9.31. The number of rotatable bonds is 7. The first-order valence-electron chi connectivity index (χ1n) is 15.7. The Morgan fingerprint density at radius 3 is 2.51 bits per heavy atom. The third kappa shape index (κ3) is 5.53. The zero-order valence-electron chi connectivity index (χ0n) is 25.6. The molecular weight excluding hydrogens is 566 g/mol. The number of aromatic nitrogens is 2. The molecule has 7 rings (SSSR count). The van der Waals surface area contributed by atoms with Gasteiger partial charge in [-0.25, -0.2) is 4.98 Å². The summed E-state index contributed by atoms with van der Waals surface area (Å²) >= 11 is 0. The van der Waals surface area contributed by atoms with Gasteiger partial charge in [-0.15, -0.1) is 0 Å². The molecular formula is C36H37N5O4. The molecule has 1 saturated heterocycles. The second-order valence-electron chi connectivity index (χ2n) is 12.6. The fourth-order valence-corrected chi connectivity index (χ4v) is 6.59. The summed E-state index contributed by atoms with van der Waals surface area (Å²) in [5.41, 5.74) is 6.34. The van der Waals surface area contributed by atoms with Crippen LogP contribution in [-0.2, 0) is 20.1 Å². The maximum Gasteiger partial charge on any atom is 0.293 e. The van der Waals surface area contributed by atoms with E-state index >= 15 is 0 Å². The van der Waals surface area contributed by atoms with Crippen LogP contribution in [0.1, 0.15) is 69.5 Å². The van der Waals surface area contributed by atoms with Crippen LogP contribution in [0.25, 0.3) is 11.3 Å². The van der Waals surface area contributed by atoms with E-state index in [1.165, 1.54) is 23.0 Å². The van der Waals surface area contributed by atoms with Gasteiger partial charge in [0.15, 0.2) is 5.82 Å². The van der Waals surface area contributed by atoms with E-state index in [0.29, 0.717) is 57.7 Å². The lowest BCUT2D eigenvalue weighted by Gasteiger charge is -2.31. The molecule has 230 valence electrons. The van der Waals surface area contributed by atoms with E-state index in [0.717, 1.165) is 31.5 Å². The van der Waals surface area contributed by atoms with E-state index in [4.69, 9.17) is 0 Å². The van der Waals surface area contributed by atoms with Gasteiger partial charge in [-0.3, -0.25) is 14.4 Å². The minimum absolute atomic E-state index is 0.0111. The predicted octanol–water partition coefficient (Wildman–Crippen LogP) is 5.25. The molecule has 3 aromatic carbocycles. The Balaban J connectivity index is 1.16. The predicted molar refractivity (Wildman–Crippen MR) is 174 cm³/mol. The maximum atomic E-state index is 13.7. The fraction of sp³-hybridized carbons (Fsp3) is 0.333. The normalized spacial score (nSPS) is 17.8. The highest BCUT2D eigenvalue weighted by Crippen LogP contribution is 2.41. The Kier molecular flexibility index (Phi) is 7.49. The molecule has 4 aromatic rings. The minimum Gasteiger partial charge on any atom is -0.392 e. The van der Waals surface area contributed by atoms with Gasteiger partial charge in [0.05, 0.1) is 18.0 Å². The van der Waals surface area contributed by atoms with Crippen molar-refractivity contribution in [1.82, 2.24) is 14.5 Å². The number of carbonyl (C=O) groups excluding carboxylic acids is 2. The molecule has 3 aliphatic rings. The molecule has 9 heteroatoms. The first-order valence-corrected chi connectivity index (χ1v) is 15.7. The number of aryl methyl sites for hydroxylation is 1. The summed E-state index contributed by atoms with van der Waals surface area (Å²) in [5.74, 6) is 1.18. The van der Waals surface area contributed by atoms with Crippen molar-refractivity contribution in [2.75, 3.05) is 29.9 Å². The SMILES string of the molecule is C[C@@H]1CCN(C(=O)c2ccc(Nc3nc(-c4cccc(N5CCc6cc(C7CC7)ccc6C5=O)c4CO)cn(C)c3=O)cc2)C1. The number of amides is 2. The number of hydrogen-bond donors (Lipinski definition) is 2. The quantitative estimate of drug-likeness (QED) is 0.299. The second-order valence-corrected chi connectivity index (χ2v) is 12.6. The Bertz CT molecular complexity index is 1860. The Morgan fingerprint density at radius 1 is 1.00 bits per heavy atom. The summed E-state index contributed by atoms with van der Waals surface area (Å²) in [6.45, 7) is 3.89. The summed E-state index contributed by atoms with van der Waals surface area (Å²) in [5, 5.41) is 13.7. The number of aliphatic hydroxyl groups excluding tert-OH is 1. The zero-order chi connectivity index (χ0) is 31.2. The average Bonchev–Trinajstić information content (AvgIpc) is 3.82. The van der Waals surface area contributed by atoms with Crippen molar-refractivity contribution in [3.63, 3.8) is 0 Å². The van der Waals surface area contributed by atoms with Gasteiger partial charge in [-0.05, 0) is 85.0 Å². The average molecular weight is 604 g/mol. The number of fused-ring (bicyclic) bond motifs is 1. The highest BCUT2D eigenvalue weighted by molar-refractivity contribution is 6.09. The van der Waals surface area contributed by atoms with Gasteiger partial charge in [0, 0.05) is 60.8 Å². The van der Waals surface area contributed by atoms with E-state index in [9.17, 15) is 19.5 Å². The van der Waals surface area contributed by atoms with Crippen LogP contribution in [0.2, 0.25) is 0 Å². The highest BCUT2D eigenvalue weighted by Gasteiger charge is 2.31. The molecule has 0 spiro atoms. The molecule has 2 aliphatic heterocycles. The summed E-state index contributed by atoms with van der Waals surface area (Å²) < 4.78 is 1.45. The van der Waals surface area contributed by atoms with E-state index in [1.54, 1.807) is 42.4 Å². The minimum atomic E-state index is -0.319. The van der Waals surface area contributed by atoms with Crippen molar-refractivity contribution < 1.29 is 14.7 Å². The van der Waals surface area contributed by atoms with Crippen LogP contribution < -0.4 is 15.8 Å². The number of carbonyl (C=O) groups is 2. The van der Waals surface area contributed by atoms with Crippen LogP contribution in [0.4, 0.5) is 17.2 Å². The molecule has 1 atom stereocenters. The fourth-order valence-electron chi connectivity index (χ4n) is 6.59. The lowest BCUT2D eigenvalue weighted by Crippen LogP contribution is -2.38. The molecule has 0 bridgehead atoms. The van der Waals surface area contributed by atoms with Crippen molar-refractivity contribution in [3.8, 4) is 11.3 Å². The standard InChI is InChI=1S/C36H37N5O4/c1-22-14-16-40(19-22)34(43)24-8-11-27(12-9-24)37-33-36(45)39(2)20-31(38-33)29-4-3-5-32(30(29)21-42)41-17-15-26-18-25(23-6-7-23)10-13-28(26)35(41)44/h3-5,8-13,18,20,22-23,42H,6-7,14-17,19,21H2,1-2H3,(H,37,38)/t22-/m1/s1. The molecule has 2 N–H and O–H groups in total. The van der Waals surface area contributed by atoms with Gasteiger partial charge in [0.2, 0.25) is 0 Å². The number of nitrogens with zero attached hydrogens (tertiary/aromatic N) is 4. The largest absolute Gasteiger partial charge is 0.392 e. The van der Waals surface area contributed by atoms with Crippen molar-refractivity contribution in [1.29, 1.82) is 0 Å². The number of anilines is 3. The number of aliphatic hydroxyl groups is 1. The molecule has 9 nitrogen and oxygen atoms in total. The van der Waals surface area contributed by atoms with E-state index in [-0.39, 0.29) is 29.8 Å². The molecule has 0 unspecified atom stereocenters. The first-order chi connectivity index (χ1) is 21.8. The van der Waals surface area contributed by atoms with Crippen molar-refractivity contribution in [3.05, 3.63) is 105 Å². The molecule has 2 fully saturated rings. The number of likely N-dealkylation sites (tertiary alicyclic amines) is 1. The number of nitrogens with one attached hydrogen (secondary N) is 1. The van der Waals surface area contributed by atoms with Gasteiger partial charge in [-0.2, -0.15) is 0 Å². The lowest BCUT2D eigenvalue weighted by molar-refractivity contribution is 0.0788. The van der Waals surface area contributed by atoms with E-state index in [2.05, 4.69) is 29.4 Å². The molecule has 1 aliphatic carbocycles. The van der Waals surface area contributed by atoms with Gasteiger partial charge in [-0.1, -0.05) is 31.2 Å². The third-order valence-corrected chi connectivity index (χ3v) is 9.31. The van der Waals surface area contributed by atoms with Gasteiger partial charge >= 0.3 is 0 Å². The molecule has 1 aromatic heterocycles. The van der Waals surface area contributed by atoms with Crippen LogP contribution in [0.3, 0.4) is 0 Å². The van der Waals surface area contributed by atoms with Gasteiger partial charge in [0.1, 0.15) is 0 Å². The molecule has 2 amide bonds. The van der Waals surface area contributed by atoms with E-state index in [1.807, 2.05) is 29.2 Å². The molecule has 0 radical (unpaired) electrons. The summed E-state index contributed by atoms with van der Waals surface area (Å²) in [4.78, 5) is 48.0. The highest BCUT2D eigenvalue weighted by atomic mass is 16.3. The van der Waals surface area contributed by atoms with Crippen LogP contribution in [0, 0.1) is 5.92 Å². The number of benzene rings is 3. The van der Waals surface area contributed by atoms with Crippen molar-refractivity contribution in [2.45, 2.75) is 45.1 Å². The van der Waals surface area contributed by atoms with E-state index < -0.39 is 0 Å². The lowest BCUT2D eigenvalue weighted by atomic mass is 9.93. The monoisotopic (exact) mass is 603 g/mol. The van der Waals surface area contributed by atoms with Crippen LogP contribution in [-0.4, -0.2) is 51.0 Å². The Hall–Kier alpha value is -4.76. The second kappa shape index (κ2) is 11.6. The van der Waals surface area contributed by atoms with Crippen LogP contribution in [0.15, 0.2) is 71.7 Å². The smallest absolute Gasteiger partial charge is 0.293 e. The molecule has 1 saturated carbocycles. The Labute approximate surface area is 262 Å². The molecule has 3 heterocycles. The first kappa shape index (κ1) is 29.0.